The molecule has 2 aliphatic rings. The van der Waals surface area contributed by atoms with Gasteiger partial charge in [-0.25, -0.2) is 0 Å². The third-order valence-electron chi connectivity index (χ3n) is 4.96. The van der Waals surface area contributed by atoms with E-state index in [1.807, 2.05) is 18.2 Å². The van der Waals surface area contributed by atoms with Crippen molar-refractivity contribution in [3.8, 4) is 5.75 Å². The SMILES string of the molecule is O=CNC(CC(=O)ON1CCN(C2CCNCC2)CC1)Oc1ccccc1. The van der Waals surface area contributed by atoms with Crippen LogP contribution in [0.4, 0.5) is 0 Å². The van der Waals surface area contributed by atoms with E-state index in [-0.39, 0.29) is 6.42 Å². The van der Waals surface area contributed by atoms with Crippen molar-refractivity contribution in [3.63, 3.8) is 0 Å². The quantitative estimate of drug-likeness (QED) is 0.501. The summed E-state index contributed by atoms with van der Waals surface area (Å²) in [5.41, 5.74) is 0. The second-order valence-electron chi connectivity index (χ2n) is 6.82. The van der Waals surface area contributed by atoms with Gasteiger partial charge in [-0.2, -0.15) is 0 Å². The third kappa shape index (κ3) is 6.20. The second-order valence-corrected chi connectivity index (χ2v) is 6.82. The molecule has 1 unspecified atom stereocenters. The van der Waals surface area contributed by atoms with E-state index in [0.29, 0.717) is 31.3 Å². The monoisotopic (exact) mass is 376 g/mol. The van der Waals surface area contributed by atoms with Gasteiger partial charge in [0.15, 0.2) is 6.23 Å². The molecule has 8 nitrogen and oxygen atoms in total. The first-order chi connectivity index (χ1) is 13.2. The second kappa shape index (κ2) is 10.2. The van der Waals surface area contributed by atoms with Crippen LogP contribution in [0.2, 0.25) is 0 Å². The highest BCUT2D eigenvalue weighted by Gasteiger charge is 2.27. The van der Waals surface area contributed by atoms with Crippen molar-refractivity contribution in [1.29, 1.82) is 0 Å². The Hall–Kier alpha value is -2.16. The number of hydroxylamine groups is 2. The molecular weight excluding hydrogens is 348 g/mol. The zero-order valence-electron chi connectivity index (χ0n) is 15.5. The van der Waals surface area contributed by atoms with Crippen LogP contribution in [0.1, 0.15) is 19.3 Å². The van der Waals surface area contributed by atoms with Crippen LogP contribution >= 0.6 is 0 Å². The number of amides is 1. The fourth-order valence-electron chi connectivity index (χ4n) is 3.54. The van der Waals surface area contributed by atoms with Crippen LogP contribution in [0.5, 0.6) is 5.75 Å². The molecule has 0 saturated carbocycles. The smallest absolute Gasteiger partial charge is 0.330 e. The maximum absolute atomic E-state index is 12.2. The van der Waals surface area contributed by atoms with E-state index in [0.717, 1.165) is 26.2 Å². The van der Waals surface area contributed by atoms with Gasteiger partial charge >= 0.3 is 5.97 Å². The normalized spacial score (nSPS) is 20.6. The number of benzene rings is 1. The molecule has 0 aliphatic carbocycles. The third-order valence-corrected chi connectivity index (χ3v) is 4.96. The maximum atomic E-state index is 12.2. The van der Waals surface area contributed by atoms with Gasteiger partial charge in [0.25, 0.3) is 0 Å². The summed E-state index contributed by atoms with van der Waals surface area (Å²) in [5, 5.41) is 7.61. The van der Waals surface area contributed by atoms with Crippen LogP contribution in [0.3, 0.4) is 0 Å². The van der Waals surface area contributed by atoms with Crippen molar-refractivity contribution < 1.29 is 19.2 Å². The highest BCUT2D eigenvalue weighted by molar-refractivity contribution is 5.70. The van der Waals surface area contributed by atoms with Gasteiger partial charge in [-0.05, 0) is 38.1 Å². The van der Waals surface area contributed by atoms with Gasteiger partial charge in [-0.15, -0.1) is 5.06 Å². The minimum atomic E-state index is -0.756. The lowest BCUT2D eigenvalue weighted by Gasteiger charge is -2.39. The molecule has 1 amide bonds. The van der Waals surface area contributed by atoms with E-state index in [9.17, 15) is 9.59 Å². The van der Waals surface area contributed by atoms with Crippen molar-refractivity contribution in [2.75, 3.05) is 39.3 Å². The maximum Gasteiger partial charge on any atom is 0.330 e. The number of hydrogen-bond acceptors (Lipinski definition) is 7. The number of para-hydroxylation sites is 1. The molecule has 0 aromatic heterocycles. The summed E-state index contributed by atoms with van der Waals surface area (Å²) in [5.74, 6) is 0.167. The van der Waals surface area contributed by atoms with Crippen LogP contribution in [-0.2, 0) is 14.4 Å². The molecule has 3 rings (SSSR count). The Labute approximate surface area is 159 Å². The molecule has 1 aromatic carbocycles. The van der Waals surface area contributed by atoms with Crippen molar-refractivity contribution in [3.05, 3.63) is 30.3 Å². The van der Waals surface area contributed by atoms with Gasteiger partial charge in [0.1, 0.15) is 12.2 Å². The molecule has 1 atom stereocenters. The van der Waals surface area contributed by atoms with Gasteiger partial charge in [0, 0.05) is 32.2 Å². The number of piperazine rings is 1. The summed E-state index contributed by atoms with van der Waals surface area (Å²) in [6.45, 7) is 5.34. The minimum Gasteiger partial charge on any atom is -0.470 e. The number of nitrogens with one attached hydrogen (secondary N) is 2. The summed E-state index contributed by atoms with van der Waals surface area (Å²) in [6, 6.07) is 9.69. The molecule has 0 radical (unpaired) electrons. The number of ether oxygens (including phenoxy) is 1. The lowest BCUT2D eigenvalue weighted by atomic mass is 10.0. The first kappa shape index (κ1) is 19.6. The highest BCUT2D eigenvalue weighted by Crippen LogP contribution is 2.15. The van der Waals surface area contributed by atoms with Gasteiger partial charge in [0.05, 0.1) is 0 Å². The molecule has 2 N–H and O–H groups in total. The van der Waals surface area contributed by atoms with Crippen molar-refractivity contribution >= 4 is 12.4 Å². The summed E-state index contributed by atoms with van der Waals surface area (Å²) in [6.07, 6.45) is 2.07. The summed E-state index contributed by atoms with van der Waals surface area (Å²) in [4.78, 5) is 31.0. The average Bonchev–Trinajstić information content (AvgIpc) is 2.70. The Bertz CT molecular complexity index is 587. The summed E-state index contributed by atoms with van der Waals surface area (Å²) in [7, 11) is 0. The molecule has 2 aliphatic heterocycles. The fraction of sp³-hybridized carbons (Fsp3) is 0.579. The number of carbonyl (C=O) groups is 2. The predicted molar refractivity (Wildman–Crippen MR) is 99.8 cm³/mol. The van der Waals surface area contributed by atoms with Crippen molar-refractivity contribution in [1.82, 2.24) is 20.6 Å². The van der Waals surface area contributed by atoms with Gasteiger partial charge < -0.3 is 20.2 Å². The van der Waals surface area contributed by atoms with Crippen LogP contribution < -0.4 is 15.4 Å². The van der Waals surface area contributed by atoms with E-state index < -0.39 is 12.2 Å². The largest absolute Gasteiger partial charge is 0.470 e. The zero-order valence-corrected chi connectivity index (χ0v) is 15.5. The van der Waals surface area contributed by atoms with E-state index in [1.54, 1.807) is 17.2 Å². The van der Waals surface area contributed by atoms with Gasteiger partial charge in [-0.1, -0.05) is 18.2 Å². The number of rotatable bonds is 8. The van der Waals surface area contributed by atoms with Crippen LogP contribution in [0.15, 0.2) is 30.3 Å². The van der Waals surface area contributed by atoms with Gasteiger partial charge in [-0.3, -0.25) is 14.5 Å². The van der Waals surface area contributed by atoms with E-state index in [1.165, 1.54) is 12.8 Å². The molecule has 0 bridgehead atoms. The highest BCUT2D eigenvalue weighted by atomic mass is 16.7. The first-order valence-corrected chi connectivity index (χ1v) is 9.56. The Morgan fingerprint density at radius 3 is 2.56 bits per heavy atom. The molecule has 148 valence electrons. The predicted octanol–water partition coefficient (Wildman–Crippen LogP) is 0.355. The van der Waals surface area contributed by atoms with Crippen molar-refractivity contribution in [2.24, 2.45) is 0 Å². The van der Waals surface area contributed by atoms with Crippen LogP contribution in [0, 0.1) is 0 Å². The molecule has 2 saturated heterocycles. The molecule has 8 heteroatoms. The van der Waals surface area contributed by atoms with Gasteiger partial charge in [0.2, 0.25) is 6.41 Å². The number of hydrogen-bond donors (Lipinski definition) is 2. The van der Waals surface area contributed by atoms with Crippen LogP contribution in [0.25, 0.3) is 0 Å². The summed E-state index contributed by atoms with van der Waals surface area (Å²) < 4.78 is 5.64. The van der Waals surface area contributed by atoms with E-state index in [4.69, 9.17) is 9.57 Å². The Morgan fingerprint density at radius 1 is 1.19 bits per heavy atom. The van der Waals surface area contributed by atoms with Crippen molar-refractivity contribution in [2.45, 2.75) is 31.5 Å². The minimum absolute atomic E-state index is 0.0534. The van der Waals surface area contributed by atoms with E-state index in [2.05, 4.69) is 15.5 Å². The molecule has 27 heavy (non-hydrogen) atoms. The first-order valence-electron chi connectivity index (χ1n) is 9.56. The Morgan fingerprint density at radius 2 is 1.89 bits per heavy atom. The zero-order chi connectivity index (χ0) is 18.9. The lowest BCUT2D eigenvalue weighted by molar-refractivity contribution is -0.200. The summed E-state index contributed by atoms with van der Waals surface area (Å²) >= 11 is 0. The Kier molecular flexibility index (Phi) is 7.44. The molecular formula is C19H28N4O4. The standard InChI is InChI=1S/C19H28N4O4/c24-15-21-18(26-17-4-2-1-3-5-17)14-19(25)27-23-12-10-22(11-13-23)16-6-8-20-9-7-16/h1-5,15-16,18,20H,6-14H2,(H,21,24). The van der Waals surface area contributed by atoms with E-state index >= 15 is 0 Å². The number of carbonyl (C=O) groups excluding carboxylic acids is 2. The lowest BCUT2D eigenvalue weighted by Crippen LogP contribution is -2.53. The number of nitrogens with zero attached hydrogens (tertiary/aromatic N) is 2. The molecule has 2 fully saturated rings. The van der Waals surface area contributed by atoms with Crippen LogP contribution in [-0.4, -0.2) is 73.9 Å². The molecule has 0 spiro atoms. The molecule has 1 aromatic rings. The average molecular weight is 376 g/mol. The number of piperidine rings is 1. The Balaban J connectivity index is 1.42. The topological polar surface area (TPSA) is 83.1 Å². The fourth-order valence-corrected chi connectivity index (χ4v) is 3.54. The molecule has 2 heterocycles.